The molecule has 0 heterocycles. The highest BCUT2D eigenvalue weighted by molar-refractivity contribution is 5.32. The molecule has 2 heteroatoms. The second-order valence-corrected chi connectivity index (χ2v) is 4.90. The monoisotopic (exact) mass is 255 g/mol. The highest BCUT2D eigenvalue weighted by atomic mass is 16.5. The number of methoxy groups -OCH3 is 1. The van der Waals surface area contributed by atoms with E-state index < -0.39 is 0 Å². The van der Waals surface area contributed by atoms with Gasteiger partial charge in [-0.3, -0.25) is 0 Å². The quantitative estimate of drug-likeness (QED) is 0.889. The molecule has 0 fully saturated rings. The summed E-state index contributed by atoms with van der Waals surface area (Å²) in [5, 5.41) is 0. The summed E-state index contributed by atoms with van der Waals surface area (Å²) < 4.78 is 5.27. The van der Waals surface area contributed by atoms with E-state index >= 15 is 0 Å². The summed E-state index contributed by atoms with van der Waals surface area (Å²) in [6.45, 7) is 2.74. The average molecular weight is 255 g/mol. The molecule has 0 saturated heterocycles. The van der Waals surface area contributed by atoms with E-state index in [4.69, 9.17) is 10.5 Å². The Morgan fingerprint density at radius 3 is 2.47 bits per heavy atom. The van der Waals surface area contributed by atoms with Crippen LogP contribution in [0.15, 0.2) is 48.5 Å². The number of benzene rings is 2. The Morgan fingerprint density at radius 1 is 1.11 bits per heavy atom. The Morgan fingerprint density at radius 2 is 1.84 bits per heavy atom. The predicted octanol–water partition coefficient (Wildman–Crippen LogP) is 3.29. The van der Waals surface area contributed by atoms with Gasteiger partial charge in [-0.2, -0.15) is 0 Å². The number of ether oxygens (including phenoxy) is 1. The van der Waals surface area contributed by atoms with Crippen LogP contribution in [0.4, 0.5) is 0 Å². The molecule has 0 spiro atoms. The fraction of sp³-hybridized carbons (Fsp3) is 0.294. The topological polar surface area (TPSA) is 35.2 Å². The maximum Gasteiger partial charge on any atom is 0.119 e. The summed E-state index contributed by atoms with van der Waals surface area (Å²) in [6, 6.07) is 16.8. The number of nitrogens with two attached hydrogens (primary N) is 1. The van der Waals surface area contributed by atoms with Crippen molar-refractivity contribution in [3.05, 3.63) is 65.2 Å². The lowest BCUT2D eigenvalue weighted by molar-refractivity contribution is 0.413. The van der Waals surface area contributed by atoms with Gasteiger partial charge >= 0.3 is 0 Å². The third kappa shape index (κ3) is 3.58. The molecule has 1 atom stereocenters. The van der Waals surface area contributed by atoms with Gasteiger partial charge in [-0.15, -0.1) is 0 Å². The fourth-order valence-electron chi connectivity index (χ4n) is 2.24. The fourth-order valence-corrected chi connectivity index (χ4v) is 2.24. The highest BCUT2D eigenvalue weighted by Crippen LogP contribution is 2.23. The smallest absolute Gasteiger partial charge is 0.119 e. The van der Waals surface area contributed by atoms with Crippen LogP contribution in [0.25, 0.3) is 0 Å². The van der Waals surface area contributed by atoms with Gasteiger partial charge in [0.05, 0.1) is 7.11 Å². The molecule has 19 heavy (non-hydrogen) atoms. The molecule has 2 aromatic carbocycles. The van der Waals surface area contributed by atoms with Crippen LogP contribution in [0.5, 0.6) is 5.75 Å². The summed E-state index contributed by atoms with van der Waals surface area (Å²) in [5.41, 5.74) is 9.78. The third-order valence-electron chi connectivity index (χ3n) is 3.45. The Balaban J connectivity index is 2.17. The minimum atomic E-state index is 0.331. The molecular formula is C17H21NO. The van der Waals surface area contributed by atoms with Crippen molar-refractivity contribution in [2.24, 2.45) is 5.73 Å². The molecule has 2 nitrogen and oxygen atoms in total. The summed E-state index contributed by atoms with van der Waals surface area (Å²) in [4.78, 5) is 0. The van der Waals surface area contributed by atoms with Crippen LogP contribution in [0.3, 0.4) is 0 Å². The average Bonchev–Trinajstić information content (AvgIpc) is 2.46. The Labute approximate surface area is 115 Å². The Kier molecular flexibility index (Phi) is 4.58. The Bertz CT molecular complexity index is 519. The van der Waals surface area contributed by atoms with Crippen LogP contribution < -0.4 is 10.5 Å². The number of hydrogen-bond acceptors (Lipinski definition) is 2. The van der Waals surface area contributed by atoms with Crippen molar-refractivity contribution in [3.8, 4) is 5.75 Å². The molecule has 2 aromatic rings. The standard InChI is InChI=1S/C17H21NO/c1-13-6-8-14(9-7-13)10-16(12-18)15-4-3-5-17(11-15)19-2/h3-9,11,16H,10,12,18H2,1-2H3. The van der Waals surface area contributed by atoms with E-state index in [1.165, 1.54) is 16.7 Å². The maximum atomic E-state index is 5.93. The van der Waals surface area contributed by atoms with E-state index in [-0.39, 0.29) is 0 Å². The SMILES string of the molecule is COc1cccc(C(CN)Cc2ccc(C)cc2)c1. The van der Waals surface area contributed by atoms with Crippen LogP contribution >= 0.6 is 0 Å². The first kappa shape index (κ1) is 13.6. The first-order valence-electron chi connectivity index (χ1n) is 6.62. The minimum absolute atomic E-state index is 0.331. The van der Waals surface area contributed by atoms with Crippen molar-refractivity contribution in [2.45, 2.75) is 19.3 Å². The van der Waals surface area contributed by atoms with Crippen molar-refractivity contribution < 1.29 is 4.74 Å². The summed E-state index contributed by atoms with van der Waals surface area (Å²) in [7, 11) is 1.69. The normalized spacial score (nSPS) is 12.2. The number of aryl methyl sites for hydroxylation is 1. The van der Waals surface area contributed by atoms with E-state index in [1.807, 2.05) is 12.1 Å². The van der Waals surface area contributed by atoms with Gasteiger partial charge in [-0.25, -0.2) is 0 Å². The molecule has 0 aromatic heterocycles. The van der Waals surface area contributed by atoms with Crippen LogP contribution in [-0.2, 0) is 6.42 Å². The molecule has 0 bridgehead atoms. The van der Waals surface area contributed by atoms with Gasteiger partial charge in [-0.05, 0) is 43.1 Å². The van der Waals surface area contributed by atoms with Gasteiger partial charge in [0.2, 0.25) is 0 Å². The predicted molar refractivity (Wildman–Crippen MR) is 79.7 cm³/mol. The largest absolute Gasteiger partial charge is 0.497 e. The molecule has 0 radical (unpaired) electrons. The zero-order valence-corrected chi connectivity index (χ0v) is 11.6. The molecule has 1 unspecified atom stereocenters. The van der Waals surface area contributed by atoms with Crippen LogP contribution in [0.2, 0.25) is 0 Å². The molecule has 0 aliphatic heterocycles. The van der Waals surface area contributed by atoms with E-state index in [9.17, 15) is 0 Å². The molecule has 0 aliphatic rings. The lowest BCUT2D eigenvalue weighted by Crippen LogP contribution is -2.15. The molecule has 100 valence electrons. The van der Waals surface area contributed by atoms with Crippen molar-refractivity contribution >= 4 is 0 Å². The zero-order valence-electron chi connectivity index (χ0n) is 11.6. The Hall–Kier alpha value is -1.80. The van der Waals surface area contributed by atoms with Gasteiger partial charge < -0.3 is 10.5 Å². The van der Waals surface area contributed by atoms with Crippen LogP contribution in [0, 0.1) is 6.92 Å². The third-order valence-corrected chi connectivity index (χ3v) is 3.45. The number of rotatable bonds is 5. The van der Waals surface area contributed by atoms with Gasteiger partial charge in [0.1, 0.15) is 5.75 Å². The molecule has 2 rings (SSSR count). The lowest BCUT2D eigenvalue weighted by Gasteiger charge is -2.16. The van der Waals surface area contributed by atoms with Crippen molar-refractivity contribution in [2.75, 3.05) is 13.7 Å². The van der Waals surface area contributed by atoms with Crippen molar-refractivity contribution in [3.63, 3.8) is 0 Å². The minimum Gasteiger partial charge on any atom is -0.497 e. The second kappa shape index (κ2) is 6.39. The van der Waals surface area contributed by atoms with Crippen molar-refractivity contribution in [1.29, 1.82) is 0 Å². The van der Waals surface area contributed by atoms with Gasteiger partial charge in [0.15, 0.2) is 0 Å². The van der Waals surface area contributed by atoms with Crippen molar-refractivity contribution in [1.82, 2.24) is 0 Å². The first-order valence-corrected chi connectivity index (χ1v) is 6.62. The van der Waals surface area contributed by atoms with E-state index in [0.29, 0.717) is 12.5 Å². The first-order chi connectivity index (χ1) is 9.22. The molecule has 2 N–H and O–H groups in total. The number of hydrogen-bond donors (Lipinski definition) is 1. The second-order valence-electron chi connectivity index (χ2n) is 4.90. The van der Waals surface area contributed by atoms with E-state index in [0.717, 1.165) is 12.2 Å². The highest BCUT2D eigenvalue weighted by Gasteiger charge is 2.11. The lowest BCUT2D eigenvalue weighted by atomic mass is 9.91. The molecule has 0 amide bonds. The summed E-state index contributed by atoms with van der Waals surface area (Å²) in [5.74, 6) is 1.22. The molecular weight excluding hydrogens is 234 g/mol. The zero-order chi connectivity index (χ0) is 13.7. The summed E-state index contributed by atoms with van der Waals surface area (Å²) in [6.07, 6.45) is 0.962. The van der Waals surface area contributed by atoms with Gasteiger partial charge in [0.25, 0.3) is 0 Å². The van der Waals surface area contributed by atoms with E-state index in [1.54, 1.807) is 7.11 Å². The maximum absolute atomic E-state index is 5.93. The van der Waals surface area contributed by atoms with Gasteiger partial charge in [-0.1, -0.05) is 42.0 Å². The molecule has 0 aliphatic carbocycles. The van der Waals surface area contributed by atoms with Gasteiger partial charge in [0, 0.05) is 5.92 Å². The molecule has 0 saturated carbocycles. The van der Waals surface area contributed by atoms with Crippen LogP contribution in [-0.4, -0.2) is 13.7 Å². The van der Waals surface area contributed by atoms with E-state index in [2.05, 4.69) is 43.3 Å². The van der Waals surface area contributed by atoms with Crippen LogP contribution in [0.1, 0.15) is 22.6 Å². The summed E-state index contributed by atoms with van der Waals surface area (Å²) >= 11 is 0.